The minimum absolute atomic E-state index is 0.112. The molecule has 0 radical (unpaired) electrons. The second-order valence-electron chi connectivity index (χ2n) is 4.53. The van der Waals surface area contributed by atoms with Gasteiger partial charge in [0.1, 0.15) is 16.8 Å². The lowest BCUT2D eigenvalue weighted by molar-refractivity contribution is -0.548. The van der Waals surface area contributed by atoms with Crippen LogP contribution in [0.5, 0.6) is 5.75 Å². The minimum atomic E-state index is -5.81. The van der Waals surface area contributed by atoms with Crippen molar-refractivity contribution in [2.45, 2.75) is 5.51 Å². The average molecular weight is 344 g/mol. The quantitative estimate of drug-likeness (QED) is 0.234. The van der Waals surface area contributed by atoms with E-state index in [0.29, 0.717) is 10.2 Å². The molecule has 0 atom stereocenters. The lowest BCUT2D eigenvalue weighted by atomic mass is 10.2. The molecule has 3 rings (SSSR count). The van der Waals surface area contributed by atoms with Crippen molar-refractivity contribution in [2.75, 3.05) is 0 Å². The molecule has 0 unspecified atom stereocenters. The van der Waals surface area contributed by atoms with Gasteiger partial charge in [0.15, 0.2) is 0 Å². The van der Waals surface area contributed by atoms with Crippen LogP contribution in [0.3, 0.4) is 0 Å². The van der Waals surface area contributed by atoms with E-state index in [1.807, 2.05) is 0 Å². The van der Waals surface area contributed by atoms with Gasteiger partial charge < -0.3 is 9.39 Å². The molecule has 0 bridgehead atoms. The molecule has 0 fully saturated rings. The molecule has 3 aromatic rings. The van der Waals surface area contributed by atoms with Gasteiger partial charge in [-0.05, 0) is 18.2 Å². The van der Waals surface area contributed by atoms with Crippen molar-refractivity contribution in [2.24, 2.45) is 0 Å². The molecule has 0 N–H and O–H groups in total. The van der Waals surface area contributed by atoms with Crippen LogP contribution in [0.25, 0.3) is 22.1 Å². The van der Waals surface area contributed by atoms with Gasteiger partial charge in [-0.25, -0.2) is 4.98 Å². The van der Waals surface area contributed by atoms with Gasteiger partial charge in [-0.15, -0.1) is 0 Å². The molecule has 120 valence electrons. The van der Waals surface area contributed by atoms with Crippen LogP contribution in [0, 0.1) is 5.21 Å². The smallest absolute Gasteiger partial charge is 0.534 e. The lowest BCUT2D eigenvalue weighted by Gasteiger charge is -2.10. The highest BCUT2D eigenvalue weighted by atomic mass is 32.2. The van der Waals surface area contributed by atoms with Crippen LogP contribution in [0.1, 0.15) is 0 Å². The minimum Gasteiger partial charge on any atom is -0.618 e. The van der Waals surface area contributed by atoms with Gasteiger partial charge in [0.2, 0.25) is 11.0 Å². The van der Waals surface area contributed by atoms with Crippen molar-refractivity contribution in [1.82, 2.24) is 4.98 Å². The van der Waals surface area contributed by atoms with E-state index in [-0.39, 0.29) is 16.6 Å². The maximum absolute atomic E-state index is 12.3. The molecule has 0 amide bonds. The number of rotatable bonds is 2. The van der Waals surface area contributed by atoms with Crippen molar-refractivity contribution in [1.29, 1.82) is 0 Å². The summed E-state index contributed by atoms with van der Waals surface area (Å²) in [6.45, 7) is 0. The average Bonchev–Trinajstić information content (AvgIpc) is 2.47. The molecule has 0 saturated heterocycles. The predicted molar refractivity (Wildman–Crippen MR) is 73.8 cm³/mol. The Balaban J connectivity index is 2.16. The van der Waals surface area contributed by atoms with Crippen molar-refractivity contribution >= 4 is 32.2 Å². The molecule has 6 nitrogen and oxygen atoms in total. The van der Waals surface area contributed by atoms with Crippen LogP contribution in [-0.2, 0) is 10.1 Å². The Morgan fingerprint density at radius 3 is 2.39 bits per heavy atom. The fourth-order valence-corrected chi connectivity index (χ4v) is 2.43. The normalized spacial score (nSPS) is 12.7. The predicted octanol–water partition coefficient (Wildman–Crippen LogP) is 2.25. The van der Waals surface area contributed by atoms with E-state index in [2.05, 4.69) is 9.17 Å². The molecule has 10 heteroatoms. The number of hydrogen-bond donors (Lipinski definition) is 0. The Hall–Kier alpha value is -2.62. The van der Waals surface area contributed by atoms with E-state index < -0.39 is 21.4 Å². The highest BCUT2D eigenvalue weighted by Crippen LogP contribution is 2.28. The fourth-order valence-electron chi connectivity index (χ4n) is 1.98. The zero-order valence-electron chi connectivity index (χ0n) is 11.1. The highest BCUT2D eigenvalue weighted by Gasteiger charge is 2.48. The molecule has 0 aliphatic heterocycles. The molecule has 23 heavy (non-hydrogen) atoms. The first-order valence-corrected chi connectivity index (χ1v) is 7.53. The van der Waals surface area contributed by atoms with Gasteiger partial charge in [0.25, 0.3) is 0 Å². The first kappa shape index (κ1) is 15.3. The van der Waals surface area contributed by atoms with Gasteiger partial charge in [-0.3, -0.25) is 0 Å². The van der Waals surface area contributed by atoms with Gasteiger partial charge in [-0.1, -0.05) is 12.1 Å². The number of para-hydroxylation sites is 2. The number of halogens is 3. The van der Waals surface area contributed by atoms with Crippen molar-refractivity contribution < 1.29 is 30.5 Å². The van der Waals surface area contributed by atoms with Crippen LogP contribution >= 0.6 is 0 Å². The van der Waals surface area contributed by atoms with E-state index in [4.69, 9.17) is 0 Å². The third kappa shape index (κ3) is 2.61. The third-order valence-electron chi connectivity index (χ3n) is 3.00. The molecular weight excluding hydrogens is 337 g/mol. The lowest BCUT2D eigenvalue weighted by Crippen LogP contribution is -2.30. The number of benzene rings is 2. The molecule has 2 aromatic carbocycles. The molecule has 1 aromatic heterocycles. The van der Waals surface area contributed by atoms with Crippen LogP contribution in [0.2, 0.25) is 0 Å². The van der Waals surface area contributed by atoms with E-state index in [1.54, 1.807) is 18.2 Å². The zero-order valence-corrected chi connectivity index (χ0v) is 11.9. The SMILES string of the molecule is O=S(=O)(Oc1ccc2nc3ccccc3[n+]([O-])c2c1)C(F)(F)F. The third-order valence-corrected chi connectivity index (χ3v) is 3.98. The maximum Gasteiger partial charge on any atom is 0.534 e. The Labute approximate surface area is 127 Å². The van der Waals surface area contributed by atoms with Crippen molar-refractivity contribution in [3.05, 3.63) is 47.7 Å². The van der Waals surface area contributed by atoms with Crippen LogP contribution in [0.15, 0.2) is 42.5 Å². The summed E-state index contributed by atoms with van der Waals surface area (Å²) < 4.78 is 63.5. The molecule has 0 spiro atoms. The number of aromatic nitrogens is 2. The Kier molecular flexibility index (Phi) is 3.29. The van der Waals surface area contributed by atoms with Crippen LogP contribution in [-0.4, -0.2) is 18.9 Å². The van der Waals surface area contributed by atoms with E-state index in [0.717, 1.165) is 12.1 Å². The summed E-state index contributed by atoms with van der Waals surface area (Å²) in [7, 11) is -5.81. The Bertz CT molecular complexity index is 1020. The topological polar surface area (TPSA) is 83.2 Å². The number of hydrogen-bond acceptors (Lipinski definition) is 5. The van der Waals surface area contributed by atoms with Crippen LogP contribution in [0.4, 0.5) is 13.2 Å². The van der Waals surface area contributed by atoms with E-state index in [9.17, 15) is 26.8 Å². The largest absolute Gasteiger partial charge is 0.618 e. The van der Waals surface area contributed by atoms with E-state index >= 15 is 0 Å². The summed E-state index contributed by atoms with van der Waals surface area (Å²) in [5, 5.41) is 12.3. The number of nitrogens with zero attached hydrogens (tertiary/aromatic N) is 2. The van der Waals surface area contributed by atoms with Crippen LogP contribution < -0.4 is 8.91 Å². The molecular formula is C13H7F3N2O4S. The summed E-state index contributed by atoms with van der Waals surface area (Å²) in [5.41, 5.74) is -4.90. The first-order valence-electron chi connectivity index (χ1n) is 6.12. The summed E-state index contributed by atoms with van der Waals surface area (Å²) in [6, 6.07) is 9.44. The molecule has 0 saturated carbocycles. The van der Waals surface area contributed by atoms with Gasteiger partial charge in [-0.2, -0.15) is 26.3 Å². The summed E-state index contributed by atoms with van der Waals surface area (Å²) in [6.07, 6.45) is 0. The molecule has 0 aliphatic carbocycles. The Morgan fingerprint density at radius 1 is 1.04 bits per heavy atom. The Morgan fingerprint density at radius 2 is 1.70 bits per heavy atom. The van der Waals surface area contributed by atoms with Gasteiger partial charge in [0, 0.05) is 6.07 Å². The highest BCUT2D eigenvalue weighted by molar-refractivity contribution is 7.88. The first-order chi connectivity index (χ1) is 10.7. The molecule has 1 heterocycles. The second kappa shape index (κ2) is 4.95. The monoisotopic (exact) mass is 344 g/mol. The zero-order chi connectivity index (χ0) is 16.8. The van der Waals surface area contributed by atoms with E-state index in [1.165, 1.54) is 12.1 Å². The summed E-state index contributed by atoms with van der Waals surface area (Å²) in [5.74, 6) is -0.628. The number of alkyl halides is 3. The van der Waals surface area contributed by atoms with Crippen molar-refractivity contribution in [3.8, 4) is 5.75 Å². The number of fused-ring (bicyclic) bond motifs is 2. The summed E-state index contributed by atoms with van der Waals surface area (Å²) in [4.78, 5) is 4.18. The van der Waals surface area contributed by atoms with Gasteiger partial charge in [0.05, 0.1) is 6.07 Å². The van der Waals surface area contributed by atoms with Gasteiger partial charge >= 0.3 is 15.6 Å². The maximum atomic E-state index is 12.3. The van der Waals surface area contributed by atoms with Crippen molar-refractivity contribution in [3.63, 3.8) is 0 Å². The fraction of sp³-hybridized carbons (Fsp3) is 0.0769. The second-order valence-corrected chi connectivity index (χ2v) is 6.07. The standard InChI is InChI=1S/C13H7F3N2O4S/c14-13(15,16)23(20,21)22-8-5-6-10-12(7-8)18(19)11-4-2-1-3-9(11)17-10/h1-7H. The summed E-state index contributed by atoms with van der Waals surface area (Å²) >= 11 is 0. The molecule has 0 aliphatic rings.